The minimum Gasteiger partial charge on any atom is -0.455 e. The number of ether oxygens (including phenoxy) is 2. The molecule has 2 saturated heterocycles. The van der Waals surface area contributed by atoms with Gasteiger partial charge in [-0.05, 0) is 38.7 Å². The number of nitrogens with zero attached hydrogens (tertiary/aromatic N) is 3. The van der Waals surface area contributed by atoms with E-state index in [4.69, 9.17) is 9.47 Å². The zero-order chi connectivity index (χ0) is 31.6. The van der Waals surface area contributed by atoms with Gasteiger partial charge >= 0.3 is 5.97 Å². The van der Waals surface area contributed by atoms with E-state index in [9.17, 15) is 24.3 Å². The summed E-state index contributed by atoms with van der Waals surface area (Å²) in [6, 6.07) is 7.77. The highest BCUT2D eigenvalue weighted by molar-refractivity contribution is 5.99. The molecule has 0 saturated carbocycles. The Kier molecular flexibility index (Phi) is 9.60. The number of cyclic esters (lactones) is 1. The maximum atomic E-state index is 14.4. The van der Waals surface area contributed by atoms with E-state index >= 15 is 0 Å². The molecule has 10 heteroatoms. The van der Waals surface area contributed by atoms with Gasteiger partial charge in [0.25, 0.3) is 0 Å². The van der Waals surface area contributed by atoms with Gasteiger partial charge in [0.05, 0.1) is 18.1 Å². The van der Waals surface area contributed by atoms with Crippen LogP contribution in [-0.4, -0.2) is 100 Å². The monoisotopic (exact) mass is 607 g/mol. The normalized spacial score (nSPS) is 34.0. The van der Waals surface area contributed by atoms with E-state index in [1.807, 2.05) is 62.4 Å². The molecule has 10 nitrogen and oxygen atoms in total. The predicted octanol–water partition coefficient (Wildman–Crippen LogP) is 3.02. The first-order valence-corrected chi connectivity index (χ1v) is 15.9. The van der Waals surface area contributed by atoms with Crippen molar-refractivity contribution in [1.82, 2.24) is 14.7 Å². The third-order valence-corrected chi connectivity index (χ3v) is 9.76. The molecule has 3 amide bonds. The smallest absolute Gasteiger partial charge is 0.313 e. The van der Waals surface area contributed by atoms with Crippen LogP contribution in [0, 0.1) is 11.8 Å². The first-order valence-electron chi connectivity index (χ1n) is 15.9. The Labute approximate surface area is 259 Å². The number of likely N-dealkylation sites (N-methyl/N-ethyl adjacent to an activating group) is 1. The summed E-state index contributed by atoms with van der Waals surface area (Å²) < 4.78 is 13.0. The largest absolute Gasteiger partial charge is 0.455 e. The molecule has 0 aliphatic carbocycles. The first kappa shape index (κ1) is 31.9. The molecule has 1 aromatic rings. The summed E-state index contributed by atoms with van der Waals surface area (Å²) in [5.74, 6) is -3.27. The van der Waals surface area contributed by atoms with E-state index in [2.05, 4.69) is 6.92 Å². The third-order valence-electron chi connectivity index (χ3n) is 9.76. The third kappa shape index (κ3) is 5.58. The van der Waals surface area contributed by atoms with Crippen molar-refractivity contribution in [3.8, 4) is 0 Å². The lowest BCUT2D eigenvalue weighted by Crippen LogP contribution is -2.56. The highest BCUT2D eigenvalue weighted by atomic mass is 16.6. The topological polar surface area (TPSA) is 117 Å². The fourth-order valence-electron chi connectivity index (χ4n) is 7.36. The molecule has 1 N–H and O–H groups in total. The molecular weight excluding hydrogens is 562 g/mol. The molecule has 238 valence electrons. The highest BCUT2D eigenvalue weighted by Crippen LogP contribution is 2.53. The second-order valence-corrected chi connectivity index (χ2v) is 12.5. The molecule has 1 aromatic carbocycles. The quantitative estimate of drug-likeness (QED) is 0.374. The van der Waals surface area contributed by atoms with Gasteiger partial charge in [-0.1, -0.05) is 68.0 Å². The number of aliphatic hydroxyl groups excluding tert-OH is 1. The molecule has 44 heavy (non-hydrogen) atoms. The number of amides is 3. The van der Waals surface area contributed by atoms with Crippen LogP contribution in [0.1, 0.15) is 64.5 Å². The molecule has 5 rings (SSSR count). The Hall–Kier alpha value is -3.50. The number of esters is 1. The van der Waals surface area contributed by atoms with E-state index in [0.717, 1.165) is 18.4 Å². The van der Waals surface area contributed by atoms with E-state index in [1.165, 1.54) is 4.90 Å². The summed E-state index contributed by atoms with van der Waals surface area (Å²) in [4.78, 5) is 61.0. The number of fused-ring (bicyclic) bond motifs is 2. The Morgan fingerprint density at radius 2 is 1.84 bits per heavy atom. The van der Waals surface area contributed by atoms with Gasteiger partial charge in [0.2, 0.25) is 17.7 Å². The molecule has 4 heterocycles. The fraction of sp³-hybridized carbons (Fsp3) is 0.588. The lowest BCUT2D eigenvalue weighted by molar-refractivity contribution is -0.164. The number of carbonyl (C=O) groups is 4. The number of allylic oxidation sites excluding steroid dienone is 1. The fourth-order valence-corrected chi connectivity index (χ4v) is 7.36. The molecule has 0 radical (unpaired) electrons. The van der Waals surface area contributed by atoms with Gasteiger partial charge < -0.3 is 29.3 Å². The molecule has 1 unspecified atom stereocenters. The summed E-state index contributed by atoms with van der Waals surface area (Å²) >= 11 is 0. The minimum absolute atomic E-state index is 0.0525. The Balaban J connectivity index is 1.59. The molecule has 4 aliphatic rings. The number of benzene rings is 1. The number of hydrogen-bond donors (Lipinski definition) is 1. The summed E-state index contributed by atoms with van der Waals surface area (Å²) in [6.45, 7) is 6.31. The zero-order valence-corrected chi connectivity index (χ0v) is 26.1. The van der Waals surface area contributed by atoms with Crippen molar-refractivity contribution < 1.29 is 33.8 Å². The lowest BCUT2D eigenvalue weighted by atomic mass is 9.77. The first-order chi connectivity index (χ1) is 21.2. The second kappa shape index (κ2) is 13.2. The summed E-state index contributed by atoms with van der Waals surface area (Å²) in [7, 11) is 1.71. The molecule has 0 bridgehead atoms. The van der Waals surface area contributed by atoms with E-state index in [1.54, 1.807) is 22.9 Å². The number of likely N-dealkylation sites (tertiary alicyclic amines) is 1. The van der Waals surface area contributed by atoms with Crippen molar-refractivity contribution in [1.29, 1.82) is 0 Å². The molecule has 8 atom stereocenters. The van der Waals surface area contributed by atoms with Crippen molar-refractivity contribution in [3.63, 3.8) is 0 Å². The van der Waals surface area contributed by atoms with Crippen LogP contribution in [0.4, 0.5) is 0 Å². The van der Waals surface area contributed by atoms with Crippen LogP contribution in [0.2, 0.25) is 0 Å². The molecule has 4 aliphatic heterocycles. The standard InChI is InChI=1S/C34H45N3O7/c1-5-13-22(2)36-19-11-18-34-28(31(40)37(20-12-21-38)30(34)32(36)41)27-25(44-34)16-9-10-17-26(39)35(4)23(3)29(43-33(27)42)24-14-7-6-8-15-24/h6-9,11,14-16,18,22-23,25,27-30,38H,5,10,12-13,17,19-21H2,1-4H3/b16-9-/t22?,23-,25-,27+,28+,29+,30-,34+/m0/s1. The average molecular weight is 608 g/mol. The maximum absolute atomic E-state index is 14.4. The van der Waals surface area contributed by atoms with E-state index in [0.29, 0.717) is 19.4 Å². The number of rotatable bonds is 7. The Morgan fingerprint density at radius 3 is 2.55 bits per heavy atom. The van der Waals surface area contributed by atoms with Gasteiger partial charge in [0.1, 0.15) is 23.7 Å². The van der Waals surface area contributed by atoms with Gasteiger partial charge in [-0.3, -0.25) is 19.2 Å². The minimum atomic E-state index is -1.39. The van der Waals surface area contributed by atoms with Crippen LogP contribution in [-0.2, 0) is 28.7 Å². The molecule has 0 aromatic heterocycles. The van der Waals surface area contributed by atoms with Crippen LogP contribution in [0.15, 0.2) is 54.6 Å². The van der Waals surface area contributed by atoms with Crippen LogP contribution in [0.3, 0.4) is 0 Å². The van der Waals surface area contributed by atoms with Gasteiger partial charge in [-0.15, -0.1) is 0 Å². The van der Waals surface area contributed by atoms with Crippen molar-refractivity contribution >= 4 is 23.7 Å². The van der Waals surface area contributed by atoms with Crippen molar-refractivity contribution in [2.45, 2.75) is 88.8 Å². The number of aliphatic hydroxyl groups is 1. The second-order valence-electron chi connectivity index (χ2n) is 12.5. The summed E-state index contributed by atoms with van der Waals surface area (Å²) in [5.41, 5.74) is -0.653. The zero-order valence-electron chi connectivity index (χ0n) is 26.1. The van der Waals surface area contributed by atoms with Crippen LogP contribution in [0.25, 0.3) is 0 Å². The van der Waals surface area contributed by atoms with Gasteiger partial charge in [-0.2, -0.15) is 0 Å². The molecule has 2 fully saturated rings. The van der Waals surface area contributed by atoms with Crippen LogP contribution in [0.5, 0.6) is 0 Å². The summed E-state index contributed by atoms with van der Waals surface area (Å²) in [6.07, 6.45) is 8.33. The molecular formula is C34H45N3O7. The molecule has 1 spiro atoms. The SMILES string of the molecule is CCCC(C)N1CC=C[C@@]23O[C@H]4/C=C\CCC(=O)N(C)[C@@H](C)[C@H](c5ccccc5)OC(=O)[C@H]4[C@@H]2C(=O)N(CCCO)[C@H]3C1=O. The van der Waals surface area contributed by atoms with Crippen molar-refractivity contribution in [2.75, 3.05) is 26.7 Å². The Morgan fingerprint density at radius 1 is 1.09 bits per heavy atom. The summed E-state index contributed by atoms with van der Waals surface area (Å²) in [5, 5.41) is 9.66. The predicted molar refractivity (Wildman–Crippen MR) is 163 cm³/mol. The number of carbonyl (C=O) groups excluding carboxylic acids is 4. The van der Waals surface area contributed by atoms with Gasteiger partial charge in [0, 0.05) is 39.2 Å². The van der Waals surface area contributed by atoms with E-state index in [-0.39, 0.29) is 43.3 Å². The Bertz CT molecular complexity index is 1300. The van der Waals surface area contributed by atoms with Crippen molar-refractivity contribution in [3.05, 3.63) is 60.2 Å². The highest BCUT2D eigenvalue weighted by Gasteiger charge is 2.71. The maximum Gasteiger partial charge on any atom is 0.313 e. The van der Waals surface area contributed by atoms with Crippen molar-refractivity contribution in [2.24, 2.45) is 11.8 Å². The average Bonchev–Trinajstić information content (AvgIpc) is 3.40. The van der Waals surface area contributed by atoms with Crippen LogP contribution >= 0.6 is 0 Å². The van der Waals surface area contributed by atoms with Crippen LogP contribution < -0.4 is 0 Å². The number of hydrogen-bond acceptors (Lipinski definition) is 7. The van der Waals surface area contributed by atoms with E-state index < -0.39 is 47.7 Å². The lowest BCUT2D eigenvalue weighted by Gasteiger charge is -2.37. The van der Waals surface area contributed by atoms with Gasteiger partial charge in [0.15, 0.2) is 0 Å². The van der Waals surface area contributed by atoms with Gasteiger partial charge in [-0.25, -0.2) is 0 Å².